The number of ether oxygens (including phenoxy) is 1. The Labute approximate surface area is 193 Å². The van der Waals surface area contributed by atoms with Crippen molar-refractivity contribution in [2.75, 3.05) is 18.6 Å². The summed E-state index contributed by atoms with van der Waals surface area (Å²) in [4.78, 5) is 39.5. The van der Waals surface area contributed by atoms with E-state index in [9.17, 15) is 14.4 Å². The number of rotatable bonds is 7. The standard InChI is InChI=1S/C21H21BrN4O4S/c1-3-23-18(27)12-17-20(29)25(15-8-10-16(30-2)11-9-15)21(31)26(17)24-19(28)13-4-6-14(22)7-5-13/h4-11,17H,3,12H2,1-2H3,(H,23,27)(H,24,28). The molecule has 8 nitrogen and oxygen atoms in total. The number of nitrogens with zero attached hydrogens (tertiary/aromatic N) is 2. The van der Waals surface area contributed by atoms with Crippen molar-refractivity contribution in [2.45, 2.75) is 19.4 Å². The fraction of sp³-hybridized carbons (Fsp3) is 0.238. The van der Waals surface area contributed by atoms with Crippen molar-refractivity contribution >= 4 is 56.7 Å². The van der Waals surface area contributed by atoms with Crippen molar-refractivity contribution in [1.29, 1.82) is 0 Å². The zero-order chi connectivity index (χ0) is 22.5. The van der Waals surface area contributed by atoms with Crippen LogP contribution in [0.15, 0.2) is 53.0 Å². The predicted octanol–water partition coefficient (Wildman–Crippen LogP) is 2.63. The molecular formula is C21H21BrN4O4S. The minimum atomic E-state index is -0.972. The van der Waals surface area contributed by atoms with E-state index in [4.69, 9.17) is 17.0 Å². The fourth-order valence-corrected chi connectivity index (χ4v) is 3.72. The summed E-state index contributed by atoms with van der Waals surface area (Å²) in [6.07, 6.45) is -0.153. The smallest absolute Gasteiger partial charge is 0.269 e. The van der Waals surface area contributed by atoms with Crippen LogP contribution in [0.5, 0.6) is 5.75 Å². The molecule has 0 aliphatic carbocycles. The first kappa shape index (κ1) is 22.7. The molecule has 3 amide bonds. The molecule has 2 N–H and O–H groups in total. The third-order valence-corrected chi connectivity index (χ3v) is 5.53. The van der Waals surface area contributed by atoms with Crippen LogP contribution in [0.25, 0.3) is 0 Å². The number of hydrazine groups is 1. The van der Waals surface area contributed by atoms with Crippen LogP contribution in [0.1, 0.15) is 23.7 Å². The molecule has 0 radical (unpaired) electrons. The summed E-state index contributed by atoms with van der Waals surface area (Å²) in [7, 11) is 1.54. The summed E-state index contributed by atoms with van der Waals surface area (Å²) < 4.78 is 5.99. The molecular weight excluding hydrogens is 484 g/mol. The second-order valence-electron chi connectivity index (χ2n) is 6.65. The van der Waals surface area contributed by atoms with Gasteiger partial charge in [-0.15, -0.1) is 0 Å². The average molecular weight is 505 g/mol. The molecule has 31 heavy (non-hydrogen) atoms. The van der Waals surface area contributed by atoms with E-state index in [2.05, 4.69) is 26.7 Å². The molecule has 1 aliphatic rings. The lowest BCUT2D eigenvalue weighted by Crippen LogP contribution is -2.50. The second-order valence-corrected chi connectivity index (χ2v) is 7.93. The number of amides is 3. The number of anilines is 1. The third kappa shape index (κ3) is 5.02. The highest BCUT2D eigenvalue weighted by molar-refractivity contribution is 9.10. The molecule has 0 spiro atoms. The zero-order valence-corrected chi connectivity index (χ0v) is 19.3. The maximum Gasteiger partial charge on any atom is 0.269 e. The Balaban J connectivity index is 1.89. The van der Waals surface area contributed by atoms with Gasteiger partial charge in [0.1, 0.15) is 11.8 Å². The Morgan fingerprint density at radius 2 is 1.77 bits per heavy atom. The molecule has 10 heteroatoms. The van der Waals surface area contributed by atoms with Crippen LogP contribution in [0, 0.1) is 0 Å². The predicted molar refractivity (Wildman–Crippen MR) is 124 cm³/mol. The fourth-order valence-electron chi connectivity index (χ4n) is 3.09. The molecule has 1 heterocycles. The van der Waals surface area contributed by atoms with Gasteiger partial charge in [-0.1, -0.05) is 15.9 Å². The molecule has 1 atom stereocenters. The SMILES string of the molecule is CCNC(=O)CC1C(=O)N(c2ccc(OC)cc2)C(=S)N1NC(=O)c1ccc(Br)cc1. The number of halogens is 1. The van der Waals surface area contributed by atoms with Crippen molar-refractivity contribution in [2.24, 2.45) is 0 Å². The largest absolute Gasteiger partial charge is 0.497 e. The van der Waals surface area contributed by atoms with Crippen LogP contribution in [0.3, 0.4) is 0 Å². The molecule has 0 bridgehead atoms. The number of benzene rings is 2. The molecule has 2 aromatic rings. The van der Waals surface area contributed by atoms with Crippen LogP contribution in [-0.4, -0.2) is 47.5 Å². The maximum absolute atomic E-state index is 13.2. The van der Waals surface area contributed by atoms with Crippen LogP contribution in [0.4, 0.5) is 5.69 Å². The number of methoxy groups -OCH3 is 1. The Morgan fingerprint density at radius 1 is 1.13 bits per heavy atom. The van der Waals surface area contributed by atoms with Crippen molar-refractivity contribution in [3.63, 3.8) is 0 Å². The number of carbonyl (C=O) groups is 3. The first-order chi connectivity index (χ1) is 14.8. The first-order valence-electron chi connectivity index (χ1n) is 9.50. The minimum absolute atomic E-state index is 0.0786. The van der Waals surface area contributed by atoms with Crippen molar-refractivity contribution in [3.05, 3.63) is 58.6 Å². The van der Waals surface area contributed by atoms with Gasteiger partial charge in [-0.25, -0.2) is 5.01 Å². The van der Waals surface area contributed by atoms with Gasteiger partial charge in [-0.3, -0.25) is 24.7 Å². The van der Waals surface area contributed by atoms with E-state index in [-0.39, 0.29) is 17.4 Å². The number of carbonyl (C=O) groups excluding carboxylic acids is 3. The van der Waals surface area contributed by atoms with E-state index >= 15 is 0 Å². The van der Waals surface area contributed by atoms with E-state index in [1.165, 1.54) is 9.91 Å². The quantitative estimate of drug-likeness (QED) is 0.563. The van der Waals surface area contributed by atoms with E-state index in [1.807, 2.05) is 0 Å². The molecule has 162 valence electrons. The molecule has 2 aromatic carbocycles. The molecule has 3 rings (SSSR count). The number of nitrogens with one attached hydrogen (secondary N) is 2. The van der Waals surface area contributed by atoms with Crippen LogP contribution >= 0.6 is 28.1 Å². The molecule has 1 saturated heterocycles. The Hall–Kier alpha value is -2.98. The lowest BCUT2D eigenvalue weighted by Gasteiger charge is -2.24. The van der Waals surface area contributed by atoms with Crippen LogP contribution < -0.4 is 20.4 Å². The van der Waals surface area contributed by atoms with Gasteiger partial charge in [0.25, 0.3) is 11.8 Å². The van der Waals surface area contributed by atoms with Crippen molar-refractivity contribution in [3.8, 4) is 5.75 Å². The summed E-state index contributed by atoms with van der Waals surface area (Å²) in [5.41, 5.74) is 3.58. The van der Waals surface area contributed by atoms with Gasteiger partial charge in [-0.2, -0.15) is 0 Å². The van der Waals surface area contributed by atoms with Gasteiger partial charge < -0.3 is 10.1 Å². The van der Waals surface area contributed by atoms with Gasteiger partial charge in [0, 0.05) is 16.6 Å². The summed E-state index contributed by atoms with van der Waals surface area (Å²) >= 11 is 8.84. The molecule has 1 aliphatic heterocycles. The molecule has 1 fully saturated rings. The molecule has 0 saturated carbocycles. The summed E-state index contributed by atoms with van der Waals surface area (Å²) in [6, 6.07) is 12.6. The van der Waals surface area contributed by atoms with Crippen LogP contribution in [-0.2, 0) is 9.59 Å². The van der Waals surface area contributed by atoms with Gasteiger partial charge in [0.05, 0.1) is 19.2 Å². The lowest BCUT2D eigenvalue weighted by molar-refractivity contribution is -0.127. The van der Waals surface area contributed by atoms with Gasteiger partial charge in [0.2, 0.25) is 11.0 Å². The highest BCUT2D eigenvalue weighted by atomic mass is 79.9. The monoisotopic (exact) mass is 504 g/mol. The van der Waals surface area contributed by atoms with E-state index in [0.29, 0.717) is 23.5 Å². The number of thiocarbonyl (C=S) groups is 1. The summed E-state index contributed by atoms with van der Waals surface area (Å²) in [5.74, 6) is -0.540. The second kappa shape index (κ2) is 9.88. The van der Waals surface area contributed by atoms with Gasteiger partial charge in [0.15, 0.2) is 0 Å². The Morgan fingerprint density at radius 3 is 2.35 bits per heavy atom. The summed E-state index contributed by atoms with van der Waals surface area (Å²) in [6.45, 7) is 2.22. The normalized spacial score (nSPS) is 15.8. The number of hydrogen-bond acceptors (Lipinski definition) is 5. The first-order valence-corrected chi connectivity index (χ1v) is 10.7. The van der Waals surface area contributed by atoms with E-state index in [1.54, 1.807) is 62.6 Å². The van der Waals surface area contributed by atoms with Crippen molar-refractivity contribution in [1.82, 2.24) is 15.8 Å². The lowest BCUT2D eigenvalue weighted by atomic mass is 10.1. The zero-order valence-electron chi connectivity index (χ0n) is 16.9. The highest BCUT2D eigenvalue weighted by Crippen LogP contribution is 2.28. The summed E-state index contributed by atoms with van der Waals surface area (Å²) in [5, 5.41) is 4.03. The van der Waals surface area contributed by atoms with Gasteiger partial charge >= 0.3 is 0 Å². The molecule has 0 aromatic heterocycles. The third-order valence-electron chi connectivity index (χ3n) is 4.63. The highest BCUT2D eigenvalue weighted by Gasteiger charge is 2.45. The van der Waals surface area contributed by atoms with Crippen LogP contribution in [0.2, 0.25) is 0 Å². The number of hydrogen-bond donors (Lipinski definition) is 2. The van der Waals surface area contributed by atoms with Gasteiger partial charge in [-0.05, 0) is 67.7 Å². The van der Waals surface area contributed by atoms with E-state index in [0.717, 1.165) is 4.47 Å². The molecule has 1 unspecified atom stereocenters. The topological polar surface area (TPSA) is 91.0 Å². The average Bonchev–Trinajstić information content (AvgIpc) is 2.98. The minimum Gasteiger partial charge on any atom is -0.497 e. The Kier molecular flexibility index (Phi) is 7.24. The van der Waals surface area contributed by atoms with Crippen molar-refractivity contribution < 1.29 is 19.1 Å². The maximum atomic E-state index is 13.2. The van der Waals surface area contributed by atoms with E-state index < -0.39 is 17.9 Å². The Bertz CT molecular complexity index is 997.